The van der Waals surface area contributed by atoms with Crippen LogP contribution in [0.2, 0.25) is 0 Å². The van der Waals surface area contributed by atoms with Gasteiger partial charge in [-0.2, -0.15) is 0 Å². The normalized spacial score (nSPS) is 37.6. The molecule has 21 heavy (non-hydrogen) atoms. The van der Waals surface area contributed by atoms with E-state index in [0.717, 1.165) is 32.5 Å². The van der Waals surface area contributed by atoms with Gasteiger partial charge >= 0.3 is 0 Å². The van der Waals surface area contributed by atoms with Gasteiger partial charge in [0.25, 0.3) is 0 Å². The smallest absolute Gasteiger partial charge is 0.114 e. The van der Waals surface area contributed by atoms with Gasteiger partial charge in [0.15, 0.2) is 0 Å². The minimum Gasteiger partial charge on any atom is -0.385 e. The number of ether oxygens (including phenoxy) is 2. The minimum atomic E-state index is -0.868. The molecular formula is C16H32ClNO3. The predicted molar refractivity (Wildman–Crippen MR) is 87.1 cm³/mol. The molecule has 1 unspecified atom stereocenters. The van der Waals surface area contributed by atoms with E-state index in [2.05, 4.69) is 32.6 Å². The molecule has 1 saturated carbocycles. The first-order chi connectivity index (χ1) is 9.31. The first-order valence-electron chi connectivity index (χ1n) is 8.05. The van der Waals surface area contributed by atoms with Crippen molar-refractivity contribution < 1.29 is 14.6 Å². The van der Waals surface area contributed by atoms with Gasteiger partial charge in [-0.15, -0.1) is 12.4 Å². The molecule has 4 atom stereocenters. The van der Waals surface area contributed by atoms with Crippen molar-refractivity contribution in [3.63, 3.8) is 0 Å². The van der Waals surface area contributed by atoms with Crippen molar-refractivity contribution in [3.05, 3.63) is 0 Å². The van der Waals surface area contributed by atoms with Gasteiger partial charge in [0, 0.05) is 6.54 Å². The molecule has 0 amide bonds. The average Bonchev–Trinajstić information content (AvgIpc) is 2.65. The molecule has 0 aromatic heterocycles. The fraction of sp³-hybridized carbons (Fsp3) is 1.00. The van der Waals surface area contributed by atoms with Crippen LogP contribution in [0.5, 0.6) is 0 Å². The van der Waals surface area contributed by atoms with Crippen LogP contribution in [-0.2, 0) is 9.47 Å². The summed E-state index contributed by atoms with van der Waals surface area (Å²) in [7, 11) is 0. The fourth-order valence-electron chi connectivity index (χ4n) is 3.60. The average molecular weight is 322 g/mol. The zero-order valence-electron chi connectivity index (χ0n) is 14.1. The zero-order valence-corrected chi connectivity index (χ0v) is 14.9. The molecule has 2 aliphatic rings. The lowest BCUT2D eigenvalue weighted by molar-refractivity contribution is -0.174. The molecule has 1 aliphatic heterocycles. The van der Waals surface area contributed by atoms with Crippen molar-refractivity contribution in [2.24, 2.45) is 5.92 Å². The first kappa shape index (κ1) is 19.2. The molecule has 0 radical (unpaired) electrons. The second-order valence-corrected chi connectivity index (χ2v) is 6.99. The van der Waals surface area contributed by atoms with Crippen LogP contribution in [0.1, 0.15) is 47.5 Å². The summed E-state index contributed by atoms with van der Waals surface area (Å²) in [6, 6.07) is 0. The van der Waals surface area contributed by atoms with E-state index in [1.54, 1.807) is 0 Å². The van der Waals surface area contributed by atoms with Gasteiger partial charge in [-0.25, -0.2) is 0 Å². The highest BCUT2D eigenvalue weighted by molar-refractivity contribution is 5.85. The van der Waals surface area contributed by atoms with E-state index in [-0.39, 0.29) is 30.2 Å². The lowest BCUT2D eigenvalue weighted by Gasteiger charge is -2.40. The SMILES string of the molecule is CCN(CC)CCOC1C[C@@H]2C[C@@H](OC2(C)C)[C@]1(C)O.Cl. The van der Waals surface area contributed by atoms with E-state index in [1.807, 2.05) is 6.92 Å². The van der Waals surface area contributed by atoms with Crippen LogP contribution in [-0.4, -0.2) is 59.7 Å². The molecule has 2 rings (SSSR count). The van der Waals surface area contributed by atoms with Gasteiger partial charge in [0.2, 0.25) is 0 Å². The number of nitrogens with zero attached hydrogens (tertiary/aromatic N) is 1. The van der Waals surface area contributed by atoms with Crippen LogP contribution in [0.25, 0.3) is 0 Å². The Balaban J connectivity index is 0.00000220. The number of fused-ring (bicyclic) bond motifs is 2. The number of likely N-dealkylation sites (N-methyl/N-ethyl adjacent to an activating group) is 1. The molecule has 2 bridgehead atoms. The maximum absolute atomic E-state index is 10.8. The highest BCUT2D eigenvalue weighted by Crippen LogP contribution is 2.49. The Morgan fingerprint density at radius 1 is 1.19 bits per heavy atom. The molecule has 0 aromatic rings. The third-order valence-corrected chi connectivity index (χ3v) is 5.35. The second kappa shape index (κ2) is 7.14. The first-order valence-corrected chi connectivity index (χ1v) is 8.05. The number of rotatable bonds is 6. The Hall–Kier alpha value is 0.130. The van der Waals surface area contributed by atoms with Gasteiger partial charge < -0.3 is 19.5 Å². The lowest BCUT2D eigenvalue weighted by Crippen LogP contribution is -2.53. The molecule has 1 aliphatic carbocycles. The third kappa shape index (κ3) is 3.91. The molecule has 0 spiro atoms. The number of hydrogen-bond donors (Lipinski definition) is 1. The van der Waals surface area contributed by atoms with Crippen molar-refractivity contribution in [2.75, 3.05) is 26.2 Å². The summed E-state index contributed by atoms with van der Waals surface area (Å²) in [5.41, 5.74) is -1.00. The van der Waals surface area contributed by atoms with E-state index < -0.39 is 5.60 Å². The van der Waals surface area contributed by atoms with Gasteiger partial charge in [-0.05, 0) is 52.6 Å². The van der Waals surface area contributed by atoms with Crippen LogP contribution < -0.4 is 0 Å². The summed E-state index contributed by atoms with van der Waals surface area (Å²) in [5, 5.41) is 10.8. The van der Waals surface area contributed by atoms with E-state index in [0.29, 0.717) is 12.5 Å². The van der Waals surface area contributed by atoms with Crippen molar-refractivity contribution in [1.29, 1.82) is 0 Å². The Morgan fingerprint density at radius 2 is 1.81 bits per heavy atom. The fourth-order valence-corrected chi connectivity index (χ4v) is 3.60. The topological polar surface area (TPSA) is 41.9 Å². The Bertz CT molecular complexity index is 331. The van der Waals surface area contributed by atoms with E-state index >= 15 is 0 Å². The van der Waals surface area contributed by atoms with Crippen LogP contribution in [0, 0.1) is 5.92 Å². The minimum absolute atomic E-state index is 0. The molecule has 5 heteroatoms. The van der Waals surface area contributed by atoms with Gasteiger partial charge in [-0.3, -0.25) is 0 Å². The highest BCUT2D eigenvalue weighted by Gasteiger charge is 2.57. The Kier molecular flexibility index (Phi) is 6.52. The summed E-state index contributed by atoms with van der Waals surface area (Å²) < 4.78 is 12.1. The summed E-state index contributed by atoms with van der Waals surface area (Å²) in [4.78, 5) is 2.34. The molecule has 2 fully saturated rings. The number of hydrogen-bond acceptors (Lipinski definition) is 4. The standard InChI is InChI=1S/C16H31NO3.ClH/c1-6-17(7-2)8-9-19-13-10-12-11-14(16(13,5)18)20-15(12,3)4;/h12-14,18H,6-11H2,1-5H3;1H/t12-,13?,14-,16-;/m1./s1. The third-order valence-electron chi connectivity index (χ3n) is 5.35. The van der Waals surface area contributed by atoms with Crippen LogP contribution in [0.15, 0.2) is 0 Å². The van der Waals surface area contributed by atoms with Crippen molar-refractivity contribution in [2.45, 2.75) is 70.9 Å². The van der Waals surface area contributed by atoms with E-state index in [4.69, 9.17) is 9.47 Å². The van der Waals surface area contributed by atoms with Crippen LogP contribution in [0.3, 0.4) is 0 Å². The predicted octanol–water partition coefficient (Wildman–Crippen LogP) is 2.47. The number of halogens is 1. The van der Waals surface area contributed by atoms with E-state index in [9.17, 15) is 5.11 Å². The second-order valence-electron chi connectivity index (χ2n) is 6.99. The molecule has 1 saturated heterocycles. The van der Waals surface area contributed by atoms with Crippen molar-refractivity contribution >= 4 is 12.4 Å². The molecule has 126 valence electrons. The summed E-state index contributed by atoms with van der Waals surface area (Å²) >= 11 is 0. The van der Waals surface area contributed by atoms with Crippen molar-refractivity contribution in [1.82, 2.24) is 4.90 Å². The Morgan fingerprint density at radius 3 is 2.38 bits per heavy atom. The zero-order chi connectivity index (χ0) is 15.0. The van der Waals surface area contributed by atoms with Gasteiger partial charge in [-0.1, -0.05) is 13.8 Å². The van der Waals surface area contributed by atoms with Gasteiger partial charge in [0.1, 0.15) is 5.60 Å². The number of aliphatic hydroxyl groups is 1. The Labute approximate surface area is 135 Å². The molecule has 4 nitrogen and oxygen atoms in total. The summed E-state index contributed by atoms with van der Waals surface area (Å²) in [5.74, 6) is 0.492. The molecular weight excluding hydrogens is 290 g/mol. The monoisotopic (exact) mass is 321 g/mol. The summed E-state index contributed by atoms with van der Waals surface area (Å²) in [6.07, 6.45) is 1.66. The van der Waals surface area contributed by atoms with Crippen molar-refractivity contribution in [3.8, 4) is 0 Å². The maximum atomic E-state index is 10.8. The quantitative estimate of drug-likeness (QED) is 0.816. The molecule has 0 aromatic carbocycles. The highest BCUT2D eigenvalue weighted by atomic mass is 35.5. The van der Waals surface area contributed by atoms with Crippen LogP contribution >= 0.6 is 12.4 Å². The maximum Gasteiger partial charge on any atom is 0.114 e. The summed E-state index contributed by atoms with van der Waals surface area (Å²) in [6.45, 7) is 14.2. The lowest BCUT2D eigenvalue weighted by atomic mass is 9.73. The largest absolute Gasteiger partial charge is 0.385 e. The van der Waals surface area contributed by atoms with Gasteiger partial charge in [0.05, 0.1) is 24.4 Å². The van der Waals surface area contributed by atoms with E-state index in [1.165, 1.54) is 0 Å². The molecule has 1 heterocycles. The molecule has 1 N–H and O–H groups in total. The van der Waals surface area contributed by atoms with Crippen LogP contribution in [0.4, 0.5) is 0 Å².